The van der Waals surface area contributed by atoms with Crippen LogP contribution in [0.3, 0.4) is 0 Å². The second-order valence-electron chi connectivity index (χ2n) is 4.24. The van der Waals surface area contributed by atoms with E-state index in [9.17, 15) is 5.11 Å². The van der Waals surface area contributed by atoms with E-state index in [1.54, 1.807) is 10.9 Å². The fourth-order valence-corrected chi connectivity index (χ4v) is 4.82. The van der Waals surface area contributed by atoms with Crippen LogP contribution >= 0.6 is 23.5 Å². The van der Waals surface area contributed by atoms with Gasteiger partial charge in [0, 0.05) is 34.7 Å². The predicted molar refractivity (Wildman–Crippen MR) is 70.9 cm³/mol. The van der Waals surface area contributed by atoms with E-state index < -0.39 is 6.10 Å². The van der Waals surface area contributed by atoms with Crippen molar-refractivity contribution in [2.75, 3.05) is 5.75 Å². The van der Waals surface area contributed by atoms with E-state index in [1.807, 2.05) is 36.6 Å². The van der Waals surface area contributed by atoms with Crippen LogP contribution in [0, 0.1) is 0 Å². The van der Waals surface area contributed by atoms with Crippen LogP contribution in [0.15, 0.2) is 12.3 Å². The second kappa shape index (κ2) is 5.02. The first kappa shape index (κ1) is 12.3. The lowest BCUT2D eigenvalue weighted by Crippen LogP contribution is -2.31. The van der Waals surface area contributed by atoms with Crippen LogP contribution in [-0.4, -0.2) is 36.4 Å². The highest BCUT2D eigenvalue weighted by molar-refractivity contribution is 8.07. The Hall–Kier alpha value is -0.130. The van der Waals surface area contributed by atoms with Crippen molar-refractivity contribution in [1.29, 1.82) is 0 Å². The molecule has 1 aromatic rings. The molecule has 2 heterocycles. The summed E-state index contributed by atoms with van der Waals surface area (Å²) in [5.74, 6) is 1.02. The van der Waals surface area contributed by atoms with Gasteiger partial charge in [-0.2, -0.15) is 28.6 Å². The third-order valence-electron chi connectivity index (χ3n) is 3.09. The number of rotatable bonds is 2. The van der Waals surface area contributed by atoms with Gasteiger partial charge in [-0.15, -0.1) is 0 Å². The normalized spacial score (nSPS) is 32.6. The number of hydrogen-bond donors (Lipinski definition) is 1. The predicted octanol–water partition coefficient (Wildman–Crippen LogP) is 2.08. The second-order valence-corrected chi connectivity index (χ2v) is 7.27. The minimum atomic E-state index is -0.403. The molecule has 1 fully saturated rings. The van der Waals surface area contributed by atoms with Crippen LogP contribution in [0.2, 0.25) is 0 Å². The molecular weight excluding hydrogens is 240 g/mol. The third kappa shape index (κ3) is 2.41. The quantitative estimate of drug-likeness (QED) is 0.881. The van der Waals surface area contributed by atoms with Crippen LogP contribution in [0.1, 0.15) is 25.6 Å². The summed E-state index contributed by atoms with van der Waals surface area (Å²) in [6.07, 6.45) is 1.34. The smallest absolute Gasteiger partial charge is 0.108 e. The molecular formula is C11H18N2OS2. The minimum Gasteiger partial charge on any atom is -0.386 e. The molecule has 2 rings (SSSR count). The Labute approximate surface area is 105 Å². The lowest BCUT2D eigenvalue weighted by molar-refractivity contribution is 0.170. The average Bonchev–Trinajstić information content (AvgIpc) is 2.67. The van der Waals surface area contributed by atoms with Crippen molar-refractivity contribution in [3.05, 3.63) is 18.0 Å². The molecule has 0 bridgehead atoms. The van der Waals surface area contributed by atoms with E-state index in [1.165, 1.54) is 0 Å². The van der Waals surface area contributed by atoms with E-state index >= 15 is 0 Å². The number of aliphatic hydroxyl groups excluding tert-OH is 1. The monoisotopic (exact) mass is 258 g/mol. The van der Waals surface area contributed by atoms with Gasteiger partial charge in [0.2, 0.25) is 0 Å². The molecule has 1 N–H and O–H groups in total. The van der Waals surface area contributed by atoms with Gasteiger partial charge in [0.15, 0.2) is 0 Å². The Morgan fingerprint density at radius 2 is 2.25 bits per heavy atom. The lowest BCUT2D eigenvalue weighted by atomic mass is 10.2. The van der Waals surface area contributed by atoms with Gasteiger partial charge in [-0.3, -0.25) is 4.68 Å². The summed E-state index contributed by atoms with van der Waals surface area (Å²) in [7, 11) is 1.88. The third-order valence-corrected chi connectivity index (χ3v) is 6.57. The van der Waals surface area contributed by atoms with Gasteiger partial charge in [-0.05, 0) is 6.07 Å². The maximum atomic E-state index is 10.3. The molecule has 5 heteroatoms. The van der Waals surface area contributed by atoms with E-state index in [0.717, 1.165) is 11.4 Å². The fourth-order valence-electron chi connectivity index (χ4n) is 1.84. The minimum absolute atomic E-state index is 0.284. The fraction of sp³-hybridized carbons (Fsp3) is 0.727. The summed E-state index contributed by atoms with van der Waals surface area (Å²) >= 11 is 3.85. The molecule has 0 aliphatic carbocycles. The molecule has 0 radical (unpaired) electrons. The summed E-state index contributed by atoms with van der Waals surface area (Å²) in [5, 5.41) is 16.0. The molecule has 90 valence electrons. The first-order valence-corrected chi connectivity index (χ1v) is 7.51. The maximum Gasteiger partial charge on any atom is 0.108 e. The Balaban J connectivity index is 2.06. The summed E-state index contributed by atoms with van der Waals surface area (Å²) in [5.41, 5.74) is 0.917. The maximum absolute atomic E-state index is 10.3. The molecule has 1 aliphatic rings. The van der Waals surface area contributed by atoms with Crippen LogP contribution in [0.25, 0.3) is 0 Å². The zero-order chi connectivity index (χ0) is 11.7. The van der Waals surface area contributed by atoms with Gasteiger partial charge < -0.3 is 5.11 Å². The van der Waals surface area contributed by atoms with Gasteiger partial charge in [-0.1, -0.05) is 13.8 Å². The van der Waals surface area contributed by atoms with E-state index in [2.05, 4.69) is 18.9 Å². The molecule has 1 saturated heterocycles. The van der Waals surface area contributed by atoms with E-state index in [0.29, 0.717) is 10.5 Å². The average molecular weight is 258 g/mol. The first-order chi connectivity index (χ1) is 7.59. The van der Waals surface area contributed by atoms with Crippen LogP contribution in [0.4, 0.5) is 0 Å². The zero-order valence-corrected chi connectivity index (χ0v) is 11.5. The summed E-state index contributed by atoms with van der Waals surface area (Å²) in [6.45, 7) is 4.50. The zero-order valence-electron chi connectivity index (χ0n) is 9.83. The summed E-state index contributed by atoms with van der Waals surface area (Å²) < 4.78 is 1.76. The number of aliphatic hydroxyl groups is 1. The number of aryl methyl sites for hydroxylation is 1. The highest BCUT2D eigenvalue weighted by Gasteiger charge is 2.32. The van der Waals surface area contributed by atoms with Crippen LogP contribution in [0.5, 0.6) is 0 Å². The number of thioether (sulfide) groups is 2. The van der Waals surface area contributed by atoms with Crippen molar-refractivity contribution in [1.82, 2.24) is 9.78 Å². The Morgan fingerprint density at radius 1 is 1.50 bits per heavy atom. The molecule has 0 spiro atoms. The Morgan fingerprint density at radius 3 is 2.81 bits per heavy atom. The highest BCUT2D eigenvalue weighted by Crippen LogP contribution is 2.40. The lowest BCUT2D eigenvalue weighted by Gasteiger charge is -2.33. The van der Waals surface area contributed by atoms with Gasteiger partial charge in [-0.25, -0.2) is 0 Å². The topological polar surface area (TPSA) is 38.1 Å². The van der Waals surface area contributed by atoms with Crippen molar-refractivity contribution in [3.8, 4) is 0 Å². The molecule has 0 saturated carbocycles. The standard InChI is InChI=1S/C11H18N2OS2/c1-7-8(2)16-10(6-15-7)11(14)9-4-5-12-13(9)3/h4-5,7-8,10-11,14H,6H2,1-3H3. The van der Waals surface area contributed by atoms with E-state index in [-0.39, 0.29) is 5.25 Å². The number of aromatic nitrogens is 2. The molecule has 16 heavy (non-hydrogen) atoms. The van der Waals surface area contributed by atoms with Crippen molar-refractivity contribution < 1.29 is 5.11 Å². The Bertz CT molecular complexity index is 356. The Kier molecular flexibility index (Phi) is 3.87. The van der Waals surface area contributed by atoms with Gasteiger partial charge in [0.1, 0.15) is 6.10 Å². The molecule has 3 nitrogen and oxygen atoms in total. The molecule has 4 atom stereocenters. The first-order valence-electron chi connectivity index (χ1n) is 5.52. The molecule has 1 aliphatic heterocycles. The molecule has 1 aromatic heterocycles. The van der Waals surface area contributed by atoms with Crippen molar-refractivity contribution in [2.24, 2.45) is 7.05 Å². The molecule has 0 aromatic carbocycles. The SMILES string of the molecule is CC1SCC(C(O)c2ccnn2C)SC1C. The van der Waals surface area contributed by atoms with Gasteiger partial charge >= 0.3 is 0 Å². The highest BCUT2D eigenvalue weighted by atomic mass is 32.2. The summed E-state index contributed by atoms with van der Waals surface area (Å²) in [6, 6.07) is 1.90. The van der Waals surface area contributed by atoms with Gasteiger partial charge in [0.25, 0.3) is 0 Å². The van der Waals surface area contributed by atoms with Crippen LogP contribution in [-0.2, 0) is 7.05 Å². The van der Waals surface area contributed by atoms with Crippen molar-refractivity contribution in [2.45, 2.75) is 35.7 Å². The number of hydrogen-bond acceptors (Lipinski definition) is 4. The molecule has 0 amide bonds. The number of nitrogens with zero attached hydrogens (tertiary/aromatic N) is 2. The van der Waals surface area contributed by atoms with Gasteiger partial charge in [0.05, 0.1) is 5.69 Å². The van der Waals surface area contributed by atoms with E-state index in [4.69, 9.17) is 0 Å². The van der Waals surface area contributed by atoms with Crippen molar-refractivity contribution in [3.63, 3.8) is 0 Å². The largest absolute Gasteiger partial charge is 0.386 e. The molecule has 4 unspecified atom stereocenters. The summed E-state index contributed by atoms with van der Waals surface area (Å²) in [4.78, 5) is 0. The van der Waals surface area contributed by atoms with Crippen molar-refractivity contribution >= 4 is 23.5 Å². The van der Waals surface area contributed by atoms with Crippen LogP contribution < -0.4 is 0 Å².